The summed E-state index contributed by atoms with van der Waals surface area (Å²) in [5.74, 6) is -0.430. The number of anilines is 2. The first-order chi connectivity index (χ1) is 7.99. The van der Waals surface area contributed by atoms with Gasteiger partial charge in [0.15, 0.2) is 0 Å². The van der Waals surface area contributed by atoms with Crippen molar-refractivity contribution in [1.29, 1.82) is 0 Å². The van der Waals surface area contributed by atoms with Gasteiger partial charge in [-0.3, -0.25) is 0 Å². The number of nitrogens with one attached hydrogen (secondary N) is 1. The fourth-order valence-electron chi connectivity index (χ4n) is 1.48. The zero-order valence-corrected chi connectivity index (χ0v) is 10.4. The first-order valence-electron chi connectivity index (χ1n) is 5.37. The average molecular weight is 234 g/mol. The minimum atomic E-state index is -0.430. The highest BCUT2D eigenvalue weighted by Crippen LogP contribution is 2.24. The molecule has 0 aliphatic heterocycles. The minimum Gasteiger partial charge on any atom is -0.465 e. The van der Waals surface area contributed by atoms with Crippen LogP contribution in [-0.2, 0) is 4.74 Å². The van der Waals surface area contributed by atoms with E-state index in [1.807, 2.05) is 19.9 Å². The summed E-state index contributed by atoms with van der Waals surface area (Å²) in [6.45, 7) is 7.51. The number of carbonyl (C=O) groups excluding carboxylic acids is 1. The molecule has 0 saturated heterocycles. The molecule has 0 saturated carbocycles. The summed E-state index contributed by atoms with van der Waals surface area (Å²) in [7, 11) is 1.34. The number of nitrogens with two attached hydrogens (primary N) is 1. The summed E-state index contributed by atoms with van der Waals surface area (Å²) in [6, 6.07) is 3.69. The van der Waals surface area contributed by atoms with Crippen LogP contribution in [0, 0.1) is 6.92 Å². The fraction of sp³-hybridized carbons (Fsp3) is 0.308. The molecular weight excluding hydrogens is 216 g/mol. The molecule has 0 bridgehead atoms. The minimum absolute atomic E-state index is 0.114. The number of nitrogen functional groups attached to an aromatic ring is 1. The Morgan fingerprint density at radius 3 is 2.76 bits per heavy atom. The van der Waals surface area contributed by atoms with Crippen molar-refractivity contribution in [2.24, 2.45) is 0 Å². The van der Waals surface area contributed by atoms with Crippen molar-refractivity contribution in [3.63, 3.8) is 0 Å². The van der Waals surface area contributed by atoms with E-state index >= 15 is 0 Å². The summed E-state index contributed by atoms with van der Waals surface area (Å²) in [5.41, 5.74) is 8.34. The molecule has 1 aromatic rings. The highest BCUT2D eigenvalue weighted by atomic mass is 16.5. The lowest BCUT2D eigenvalue weighted by atomic mass is 10.1. The van der Waals surface area contributed by atoms with Crippen molar-refractivity contribution in [2.75, 3.05) is 18.2 Å². The lowest BCUT2D eigenvalue weighted by Crippen LogP contribution is -2.13. The van der Waals surface area contributed by atoms with Crippen LogP contribution in [-0.4, -0.2) is 19.1 Å². The second-order valence-electron chi connectivity index (χ2n) is 3.91. The van der Waals surface area contributed by atoms with Gasteiger partial charge < -0.3 is 15.8 Å². The lowest BCUT2D eigenvalue weighted by molar-refractivity contribution is 0.0602. The first-order valence-corrected chi connectivity index (χ1v) is 5.37. The van der Waals surface area contributed by atoms with Gasteiger partial charge in [0.1, 0.15) is 0 Å². The molecule has 4 nitrogen and oxygen atoms in total. The molecule has 0 heterocycles. The molecule has 4 heteroatoms. The van der Waals surface area contributed by atoms with Crippen molar-refractivity contribution in [3.8, 4) is 0 Å². The Kier molecular flexibility index (Phi) is 4.15. The molecule has 0 fully saturated rings. The van der Waals surface area contributed by atoms with Crippen LogP contribution in [0.15, 0.2) is 24.8 Å². The van der Waals surface area contributed by atoms with Gasteiger partial charge in [0.25, 0.3) is 0 Å². The SMILES string of the molecule is C=CC(C)Nc1cc(C)c(N)c(C(=O)OC)c1. The Balaban J connectivity index is 3.14. The number of hydrogen-bond donors (Lipinski definition) is 2. The molecule has 92 valence electrons. The zero-order chi connectivity index (χ0) is 13.0. The van der Waals surface area contributed by atoms with Crippen molar-refractivity contribution in [3.05, 3.63) is 35.9 Å². The summed E-state index contributed by atoms with van der Waals surface area (Å²) in [4.78, 5) is 11.5. The predicted octanol–water partition coefficient (Wildman–Crippen LogP) is 2.35. The normalized spacial score (nSPS) is 11.7. The van der Waals surface area contributed by atoms with E-state index in [1.54, 1.807) is 12.1 Å². The number of aryl methyl sites for hydroxylation is 1. The Bertz CT molecular complexity index is 441. The quantitative estimate of drug-likeness (QED) is 0.477. The number of methoxy groups -OCH3 is 1. The van der Waals surface area contributed by atoms with Crippen LogP contribution in [0.25, 0.3) is 0 Å². The van der Waals surface area contributed by atoms with Crippen LogP contribution in [0.3, 0.4) is 0 Å². The number of esters is 1. The van der Waals surface area contributed by atoms with Gasteiger partial charge >= 0.3 is 5.97 Å². The van der Waals surface area contributed by atoms with Crippen molar-refractivity contribution < 1.29 is 9.53 Å². The monoisotopic (exact) mass is 234 g/mol. The largest absolute Gasteiger partial charge is 0.465 e. The Labute approximate surface area is 101 Å². The summed E-state index contributed by atoms with van der Waals surface area (Å²) in [5, 5.41) is 3.20. The molecule has 0 aliphatic carbocycles. The van der Waals surface area contributed by atoms with Gasteiger partial charge in [-0.1, -0.05) is 6.08 Å². The van der Waals surface area contributed by atoms with E-state index in [1.165, 1.54) is 7.11 Å². The van der Waals surface area contributed by atoms with E-state index in [9.17, 15) is 4.79 Å². The fourth-order valence-corrected chi connectivity index (χ4v) is 1.48. The lowest BCUT2D eigenvalue weighted by Gasteiger charge is -2.14. The highest BCUT2D eigenvalue weighted by Gasteiger charge is 2.13. The maximum absolute atomic E-state index is 11.5. The third kappa shape index (κ3) is 3.00. The molecule has 3 N–H and O–H groups in total. The topological polar surface area (TPSA) is 64.3 Å². The van der Waals surface area contributed by atoms with Crippen LogP contribution < -0.4 is 11.1 Å². The zero-order valence-electron chi connectivity index (χ0n) is 10.4. The molecule has 1 unspecified atom stereocenters. The Morgan fingerprint density at radius 2 is 2.24 bits per heavy atom. The van der Waals surface area contributed by atoms with Gasteiger partial charge in [0.2, 0.25) is 0 Å². The van der Waals surface area contributed by atoms with Crippen LogP contribution >= 0.6 is 0 Å². The molecule has 0 radical (unpaired) electrons. The second kappa shape index (κ2) is 5.39. The molecule has 1 atom stereocenters. The van der Waals surface area contributed by atoms with Gasteiger partial charge in [0.05, 0.1) is 12.7 Å². The smallest absolute Gasteiger partial charge is 0.340 e. The number of benzene rings is 1. The van der Waals surface area contributed by atoms with E-state index in [2.05, 4.69) is 11.9 Å². The maximum Gasteiger partial charge on any atom is 0.340 e. The standard InChI is InChI=1S/C13H18N2O2/c1-5-9(3)15-10-6-8(2)12(14)11(7-10)13(16)17-4/h5-7,9,15H,1,14H2,2-4H3. The number of ether oxygens (including phenoxy) is 1. The number of hydrogen-bond acceptors (Lipinski definition) is 4. The second-order valence-corrected chi connectivity index (χ2v) is 3.91. The molecule has 1 rings (SSSR count). The average Bonchev–Trinajstić information content (AvgIpc) is 2.32. The van der Waals surface area contributed by atoms with Gasteiger partial charge in [-0.25, -0.2) is 4.79 Å². The van der Waals surface area contributed by atoms with E-state index in [4.69, 9.17) is 10.5 Å². The Morgan fingerprint density at radius 1 is 1.59 bits per heavy atom. The van der Waals surface area contributed by atoms with Gasteiger partial charge in [-0.15, -0.1) is 6.58 Å². The summed E-state index contributed by atoms with van der Waals surface area (Å²) >= 11 is 0. The van der Waals surface area contributed by atoms with Crippen LogP contribution in [0.2, 0.25) is 0 Å². The Hall–Kier alpha value is -1.97. The first kappa shape index (κ1) is 13.1. The molecule has 0 aliphatic rings. The maximum atomic E-state index is 11.5. The van der Waals surface area contributed by atoms with E-state index < -0.39 is 5.97 Å². The van der Waals surface area contributed by atoms with Gasteiger partial charge in [-0.2, -0.15) is 0 Å². The molecular formula is C13H18N2O2. The van der Waals surface area contributed by atoms with E-state index in [0.29, 0.717) is 11.3 Å². The van der Waals surface area contributed by atoms with E-state index in [0.717, 1.165) is 11.3 Å². The van der Waals surface area contributed by atoms with E-state index in [-0.39, 0.29) is 6.04 Å². The molecule has 0 aromatic heterocycles. The summed E-state index contributed by atoms with van der Waals surface area (Å²) < 4.78 is 4.69. The molecule has 17 heavy (non-hydrogen) atoms. The van der Waals surface area contributed by atoms with Gasteiger partial charge in [0, 0.05) is 17.4 Å². The molecule has 0 amide bonds. The summed E-state index contributed by atoms with van der Waals surface area (Å²) in [6.07, 6.45) is 1.78. The van der Waals surface area contributed by atoms with Crippen molar-refractivity contribution >= 4 is 17.3 Å². The predicted molar refractivity (Wildman–Crippen MR) is 70.2 cm³/mol. The van der Waals surface area contributed by atoms with Gasteiger partial charge in [-0.05, 0) is 31.5 Å². The number of rotatable bonds is 4. The molecule has 1 aromatic carbocycles. The third-order valence-electron chi connectivity index (χ3n) is 2.54. The molecule has 0 spiro atoms. The number of carbonyl (C=O) groups is 1. The third-order valence-corrected chi connectivity index (χ3v) is 2.54. The van der Waals surface area contributed by atoms with Crippen molar-refractivity contribution in [1.82, 2.24) is 0 Å². The highest BCUT2D eigenvalue weighted by molar-refractivity contribution is 5.97. The van der Waals surface area contributed by atoms with Crippen LogP contribution in [0.5, 0.6) is 0 Å². The van der Waals surface area contributed by atoms with Crippen molar-refractivity contribution in [2.45, 2.75) is 19.9 Å². The van der Waals surface area contributed by atoms with Crippen LogP contribution in [0.4, 0.5) is 11.4 Å². The van der Waals surface area contributed by atoms with Crippen LogP contribution in [0.1, 0.15) is 22.8 Å².